The second kappa shape index (κ2) is 5.74. The molecule has 2 aromatic rings. The first-order valence-corrected chi connectivity index (χ1v) is 6.92. The molecular weight excluding hydrogens is 244 g/mol. The van der Waals surface area contributed by atoms with Crippen molar-refractivity contribution in [2.75, 3.05) is 0 Å². The lowest BCUT2D eigenvalue weighted by Crippen LogP contribution is -2.15. The van der Waals surface area contributed by atoms with E-state index >= 15 is 0 Å². The molecule has 0 aliphatic heterocycles. The molecule has 18 heavy (non-hydrogen) atoms. The van der Waals surface area contributed by atoms with Gasteiger partial charge in [-0.15, -0.1) is 0 Å². The Morgan fingerprint density at radius 2 is 1.44 bits per heavy atom. The fraction of sp³-hybridized carbons (Fsp3) is 0.133. The van der Waals surface area contributed by atoms with E-state index in [0.717, 1.165) is 5.56 Å². The Morgan fingerprint density at radius 3 is 1.94 bits per heavy atom. The summed E-state index contributed by atoms with van der Waals surface area (Å²) >= 11 is 0. The van der Waals surface area contributed by atoms with Crippen LogP contribution in [0.5, 0.6) is 0 Å². The number of benzene rings is 2. The zero-order valence-corrected chi connectivity index (χ0v) is 10.9. The third kappa shape index (κ3) is 2.74. The molecule has 2 rings (SSSR count). The minimum atomic E-state index is -1.35. The number of carbonyl (C=O) groups excluding carboxylic acids is 1. The maximum Gasteiger partial charge on any atom is 0.150 e. The van der Waals surface area contributed by atoms with Crippen LogP contribution in [0.1, 0.15) is 17.7 Å². The lowest BCUT2D eigenvalue weighted by atomic mass is 10.1. The molecule has 0 aromatic heterocycles. The molecule has 2 unspecified atom stereocenters. The Balaban J connectivity index is 2.39. The quantitative estimate of drug-likeness (QED) is 0.844. The maximum absolute atomic E-state index is 12.5. The van der Waals surface area contributed by atoms with E-state index in [2.05, 4.69) is 0 Å². The van der Waals surface area contributed by atoms with Crippen molar-refractivity contribution >= 4 is 16.6 Å². The van der Waals surface area contributed by atoms with Gasteiger partial charge in [-0.05, 0) is 24.6 Å². The molecule has 3 heteroatoms. The topological polar surface area (TPSA) is 34.1 Å². The van der Waals surface area contributed by atoms with Crippen LogP contribution >= 0.6 is 0 Å². The standard InChI is InChI=1S/C15H14O2S/c1-12(16)15(13-8-4-2-5-9-13)18(17)14-10-6-3-7-11-14/h2-11,15H,1H3. The van der Waals surface area contributed by atoms with Crippen LogP contribution in [-0.2, 0) is 15.6 Å². The van der Waals surface area contributed by atoms with Crippen LogP contribution in [0.3, 0.4) is 0 Å². The van der Waals surface area contributed by atoms with Crippen molar-refractivity contribution in [2.24, 2.45) is 0 Å². The van der Waals surface area contributed by atoms with E-state index in [9.17, 15) is 9.00 Å². The number of hydrogen-bond acceptors (Lipinski definition) is 2. The van der Waals surface area contributed by atoms with Gasteiger partial charge in [0.1, 0.15) is 11.0 Å². The third-order valence-corrected chi connectivity index (χ3v) is 4.43. The van der Waals surface area contributed by atoms with Crippen molar-refractivity contribution in [2.45, 2.75) is 17.1 Å². The predicted molar refractivity (Wildman–Crippen MR) is 72.7 cm³/mol. The molecule has 2 atom stereocenters. The molecule has 0 spiro atoms. The van der Waals surface area contributed by atoms with Crippen LogP contribution < -0.4 is 0 Å². The zero-order chi connectivity index (χ0) is 13.0. The summed E-state index contributed by atoms with van der Waals surface area (Å²) in [4.78, 5) is 12.4. The van der Waals surface area contributed by atoms with Crippen LogP contribution in [0, 0.1) is 0 Å². The predicted octanol–water partition coefficient (Wildman–Crippen LogP) is 3.12. The average Bonchev–Trinajstić information content (AvgIpc) is 2.40. The molecule has 0 radical (unpaired) electrons. The van der Waals surface area contributed by atoms with E-state index in [0.29, 0.717) is 4.90 Å². The third-order valence-electron chi connectivity index (χ3n) is 2.66. The minimum absolute atomic E-state index is 0.0802. The van der Waals surface area contributed by atoms with E-state index in [1.807, 2.05) is 48.5 Å². The highest BCUT2D eigenvalue weighted by molar-refractivity contribution is 7.86. The molecule has 92 valence electrons. The summed E-state index contributed by atoms with van der Waals surface area (Å²) in [5.74, 6) is -0.0802. The van der Waals surface area contributed by atoms with Crippen molar-refractivity contribution in [1.29, 1.82) is 0 Å². The van der Waals surface area contributed by atoms with Gasteiger partial charge in [-0.25, -0.2) is 0 Å². The van der Waals surface area contributed by atoms with Crippen molar-refractivity contribution in [3.63, 3.8) is 0 Å². The molecule has 2 aromatic carbocycles. The smallest absolute Gasteiger partial charge is 0.150 e. The molecule has 0 aliphatic carbocycles. The number of hydrogen-bond donors (Lipinski definition) is 0. The SMILES string of the molecule is CC(=O)C(c1ccccc1)S(=O)c1ccccc1. The molecule has 0 saturated heterocycles. The van der Waals surface area contributed by atoms with Gasteiger partial charge in [0.15, 0.2) is 0 Å². The van der Waals surface area contributed by atoms with Crippen LogP contribution in [0.25, 0.3) is 0 Å². The molecule has 0 bridgehead atoms. The highest BCUT2D eigenvalue weighted by atomic mass is 32.2. The largest absolute Gasteiger partial charge is 0.298 e. The van der Waals surface area contributed by atoms with Crippen molar-refractivity contribution in [1.82, 2.24) is 0 Å². The monoisotopic (exact) mass is 258 g/mol. The van der Waals surface area contributed by atoms with Gasteiger partial charge in [0.05, 0.1) is 10.8 Å². The number of rotatable bonds is 4. The van der Waals surface area contributed by atoms with E-state index in [-0.39, 0.29) is 5.78 Å². The van der Waals surface area contributed by atoms with Crippen LogP contribution in [0.15, 0.2) is 65.6 Å². The molecular formula is C15H14O2S. The Labute approximate surface area is 109 Å². The van der Waals surface area contributed by atoms with Crippen molar-refractivity contribution < 1.29 is 9.00 Å². The van der Waals surface area contributed by atoms with E-state index in [1.54, 1.807) is 12.1 Å². The first kappa shape index (κ1) is 12.7. The number of ketones is 1. The lowest BCUT2D eigenvalue weighted by molar-refractivity contribution is -0.116. The summed E-state index contributed by atoms with van der Waals surface area (Å²) in [6, 6.07) is 18.4. The highest BCUT2D eigenvalue weighted by Crippen LogP contribution is 2.25. The van der Waals surface area contributed by atoms with Gasteiger partial charge >= 0.3 is 0 Å². The Hall–Kier alpha value is -1.74. The molecule has 0 aliphatic rings. The summed E-state index contributed by atoms with van der Waals surface area (Å²) in [5.41, 5.74) is 0.798. The van der Waals surface area contributed by atoms with Gasteiger partial charge in [-0.1, -0.05) is 48.5 Å². The van der Waals surface area contributed by atoms with Gasteiger partial charge in [0.25, 0.3) is 0 Å². The number of carbonyl (C=O) groups is 1. The van der Waals surface area contributed by atoms with Crippen molar-refractivity contribution in [3.05, 3.63) is 66.2 Å². The first-order valence-electron chi connectivity index (χ1n) is 5.71. The Bertz CT molecular complexity index is 549. The highest BCUT2D eigenvalue weighted by Gasteiger charge is 2.24. The van der Waals surface area contributed by atoms with E-state index in [1.165, 1.54) is 6.92 Å². The summed E-state index contributed by atoms with van der Waals surface area (Å²) in [5, 5.41) is -0.589. The molecule has 0 N–H and O–H groups in total. The van der Waals surface area contributed by atoms with Crippen molar-refractivity contribution in [3.8, 4) is 0 Å². The van der Waals surface area contributed by atoms with Gasteiger partial charge < -0.3 is 0 Å². The fourth-order valence-electron chi connectivity index (χ4n) is 1.83. The number of Topliss-reactive ketones (excluding diaryl/α,β-unsaturated/α-hetero) is 1. The van der Waals surface area contributed by atoms with Gasteiger partial charge in [0.2, 0.25) is 0 Å². The van der Waals surface area contributed by atoms with Gasteiger partial charge in [-0.2, -0.15) is 0 Å². The summed E-state index contributed by atoms with van der Waals surface area (Å²) in [6.45, 7) is 1.48. The molecule has 0 fully saturated rings. The Morgan fingerprint density at radius 1 is 0.944 bits per heavy atom. The first-order chi connectivity index (χ1) is 8.70. The summed E-state index contributed by atoms with van der Waals surface area (Å²) in [7, 11) is -1.35. The van der Waals surface area contributed by atoms with Crippen LogP contribution in [0.2, 0.25) is 0 Å². The van der Waals surface area contributed by atoms with Gasteiger partial charge in [0, 0.05) is 4.90 Å². The summed E-state index contributed by atoms with van der Waals surface area (Å²) < 4.78 is 12.5. The molecule has 0 heterocycles. The van der Waals surface area contributed by atoms with Crippen LogP contribution in [0.4, 0.5) is 0 Å². The fourth-order valence-corrected chi connectivity index (χ4v) is 3.23. The molecule has 0 amide bonds. The second-order valence-electron chi connectivity index (χ2n) is 4.01. The molecule has 2 nitrogen and oxygen atoms in total. The van der Waals surface area contributed by atoms with E-state index in [4.69, 9.17) is 0 Å². The maximum atomic E-state index is 12.5. The second-order valence-corrected chi connectivity index (χ2v) is 5.55. The van der Waals surface area contributed by atoms with Gasteiger partial charge in [-0.3, -0.25) is 9.00 Å². The lowest BCUT2D eigenvalue weighted by Gasteiger charge is -2.13. The summed E-state index contributed by atoms with van der Waals surface area (Å²) in [6.07, 6.45) is 0. The average molecular weight is 258 g/mol. The minimum Gasteiger partial charge on any atom is -0.298 e. The Kier molecular flexibility index (Phi) is 4.05. The zero-order valence-electron chi connectivity index (χ0n) is 10.1. The molecule has 0 saturated carbocycles. The normalized spacial score (nSPS) is 13.8. The van der Waals surface area contributed by atoms with Crippen LogP contribution in [-0.4, -0.2) is 9.99 Å². The van der Waals surface area contributed by atoms with E-state index < -0.39 is 16.0 Å².